The molecule has 21 heavy (non-hydrogen) atoms. The Morgan fingerprint density at radius 1 is 1.24 bits per heavy atom. The van der Waals surface area contributed by atoms with Crippen LogP contribution in [0.2, 0.25) is 0 Å². The van der Waals surface area contributed by atoms with Gasteiger partial charge in [0.25, 0.3) is 5.91 Å². The molecule has 0 spiro atoms. The molecule has 1 fully saturated rings. The Balaban J connectivity index is 2.09. The van der Waals surface area contributed by atoms with Crippen LogP contribution in [0.25, 0.3) is 5.65 Å². The lowest BCUT2D eigenvalue weighted by molar-refractivity contribution is 0.0502. The van der Waals surface area contributed by atoms with E-state index in [0.717, 1.165) is 29.7 Å². The summed E-state index contributed by atoms with van der Waals surface area (Å²) in [5, 5.41) is 0. The van der Waals surface area contributed by atoms with Crippen molar-refractivity contribution in [2.45, 2.75) is 59.0 Å². The van der Waals surface area contributed by atoms with Crippen LogP contribution in [-0.2, 0) is 0 Å². The first kappa shape index (κ1) is 14.1. The van der Waals surface area contributed by atoms with Crippen LogP contribution in [0.15, 0.2) is 18.3 Å². The van der Waals surface area contributed by atoms with Crippen molar-refractivity contribution in [1.82, 2.24) is 14.3 Å². The molecule has 2 unspecified atom stereocenters. The average molecular weight is 285 g/mol. The van der Waals surface area contributed by atoms with Gasteiger partial charge in [0.1, 0.15) is 11.3 Å². The minimum atomic E-state index is 0.116. The number of amides is 1. The maximum Gasteiger partial charge on any atom is 0.273 e. The number of rotatable bonds is 1. The summed E-state index contributed by atoms with van der Waals surface area (Å²) in [6.45, 7) is 8.26. The largest absolute Gasteiger partial charge is 0.332 e. The SMILES string of the molecule is Cc1nc2c(C)cccn2c1C(=O)N1C(C)CCCC1C. The number of carbonyl (C=O) groups is 1. The molecule has 112 valence electrons. The molecule has 3 heterocycles. The number of aromatic nitrogens is 2. The molecule has 0 aliphatic carbocycles. The molecule has 1 aliphatic rings. The molecule has 1 aliphatic heterocycles. The van der Waals surface area contributed by atoms with Gasteiger partial charge in [-0.15, -0.1) is 0 Å². The molecule has 0 bridgehead atoms. The number of pyridine rings is 1. The number of imidazole rings is 1. The molecule has 2 aromatic rings. The van der Waals surface area contributed by atoms with Crippen molar-refractivity contribution in [1.29, 1.82) is 0 Å². The fourth-order valence-corrected chi connectivity index (χ4v) is 3.52. The molecule has 0 aromatic carbocycles. The molecular formula is C17H23N3O. The Morgan fingerprint density at radius 3 is 2.57 bits per heavy atom. The maximum atomic E-state index is 13.1. The summed E-state index contributed by atoms with van der Waals surface area (Å²) in [5.74, 6) is 0.116. The van der Waals surface area contributed by atoms with Crippen molar-refractivity contribution < 1.29 is 4.79 Å². The van der Waals surface area contributed by atoms with Gasteiger partial charge in [0, 0.05) is 18.3 Å². The zero-order valence-corrected chi connectivity index (χ0v) is 13.3. The fourth-order valence-electron chi connectivity index (χ4n) is 3.52. The van der Waals surface area contributed by atoms with Gasteiger partial charge in [-0.3, -0.25) is 9.20 Å². The van der Waals surface area contributed by atoms with Crippen LogP contribution >= 0.6 is 0 Å². The minimum Gasteiger partial charge on any atom is -0.332 e. The zero-order valence-electron chi connectivity index (χ0n) is 13.3. The summed E-state index contributed by atoms with van der Waals surface area (Å²) in [7, 11) is 0. The Hall–Kier alpha value is -1.84. The lowest BCUT2D eigenvalue weighted by Crippen LogP contribution is -2.48. The van der Waals surface area contributed by atoms with Gasteiger partial charge in [0.05, 0.1) is 5.69 Å². The number of aryl methyl sites for hydroxylation is 2. The van der Waals surface area contributed by atoms with Crippen molar-refractivity contribution in [3.05, 3.63) is 35.3 Å². The van der Waals surface area contributed by atoms with E-state index in [1.807, 2.05) is 41.5 Å². The number of likely N-dealkylation sites (tertiary alicyclic amines) is 1. The Kier molecular flexibility index (Phi) is 3.47. The molecule has 1 saturated heterocycles. The minimum absolute atomic E-state index is 0.116. The van der Waals surface area contributed by atoms with Crippen molar-refractivity contribution in [2.24, 2.45) is 0 Å². The molecular weight excluding hydrogens is 262 g/mol. The van der Waals surface area contributed by atoms with Gasteiger partial charge >= 0.3 is 0 Å². The molecule has 0 radical (unpaired) electrons. The number of hydrogen-bond donors (Lipinski definition) is 0. The van der Waals surface area contributed by atoms with Gasteiger partial charge in [-0.25, -0.2) is 4.98 Å². The molecule has 0 N–H and O–H groups in total. The number of fused-ring (bicyclic) bond motifs is 1. The molecule has 4 nitrogen and oxygen atoms in total. The first-order valence-corrected chi connectivity index (χ1v) is 7.77. The Morgan fingerprint density at radius 2 is 1.90 bits per heavy atom. The third-order valence-electron chi connectivity index (χ3n) is 4.65. The smallest absolute Gasteiger partial charge is 0.273 e. The Labute approximate surface area is 125 Å². The third kappa shape index (κ3) is 2.23. The summed E-state index contributed by atoms with van der Waals surface area (Å²) in [4.78, 5) is 19.7. The van der Waals surface area contributed by atoms with E-state index in [9.17, 15) is 4.79 Å². The molecule has 4 heteroatoms. The van der Waals surface area contributed by atoms with Crippen LogP contribution in [0.5, 0.6) is 0 Å². The standard InChI is InChI=1S/C17H23N3O/c1-11-7-6-10-19-15(14(4)18-16(11)19)17(21)20-12(2)8-5-9-13(20)3/h6-7,10,12-13H,5,8-9H2,1-4H3. The van der Waals surface area contributed by atoms with Gasteiger partial charge in [-0.05, 0) is 58.6 Å². The van der Waals surface area contributed by atoms with E-state index >= 15 is 0 Å². The highest BCUT2D eigenvalue weighted by atomic mass is 16.2. The lowest BCUT2D eigenvalue weighted by atomic mass is 9.97. The zero-order chi connectivity index (χ0) is 15.1. The van der Waals surface area contributed by atoms with E-state index < -0.39 is 0 Å². The summed E-state index contributed by atoms with van der Waals surface area (Å²) in [5.41, 5.74) is 3.52. The number of hydrogen-bond acceptors (Lipinski definition) is 2. The van der Waals surface area contributed by atoms with E-state index in [1.165, 1.54) is 6.42 Å². The summed E-state index contributed by atoms with van der Waals surface area (Å²) < 4.78 is 1.95. The second kappa shape index (κ2) is 5.17. The second-order valence-corrected chi connectivity index (χ2v) is 6.27. The lowest BCUT2D eigenvalue weighted by Gasteiger charge is -2.39. The van der Waals surface area contributed by atoms with Gasteiger partial charge in [0.2, 0.25) is 0 Å². The molecule has 2 atom stereocenters. The highest BCUT2D eigenvalue weighted by molar-refractivity contribution is 5.95. The van der Waals surface area contributed by atoms with Gasteiger partial charge in [-0.2, -0.15) is 0 Å². The third-order valence-corrected chi connectivity index (χ3v) is 4.65. The average Bonchev–Trinajstić information content (AvgIpc) is 2.76. The van der Waals surface area contributed by atoms with Crippen LogP contribution in [-0.4, -0.2) is 32.3 Å². The number of nitrogens with zero attached hydrogens (tertiary/aromatic N) is 3. The van der Waals surface area contributed by atoms with Crippen molar-refractivity contribution >= 4 is 11.6 Å². The van der Waals surface area contributed by atoms with Crippen molar-refractivity contribution in [3.8, 4) is 0 Å². The normalized spacial score (nSPS) is 22.8. The van der Waals surface area contributed by atoms with E-state index in [0.29, 0.717) is 17.8 Å². The van der Waals surface area contributed by atoms with Crippen molar-refractivity contribution in [2.75, 3.05) is 0 Å². The number of carbonyl (C=O) groups excluding carboxylic acids is 1. The summed E-state index contributed by atoms with van der Waals surface area (Å²) in [6, 6.07) is 4.61. The fraction of sp³-hybridized carbons (Fsp3) is 0.529. The van der Waals surface area contributed by atoms with Crippen LogP contribution < -0.4 is 0 Å². The quantitative estimate of drug-likeness (QED) is 0.805. The summed E-state index contributed by atoms with van der Waals surface area (Å²) >= 11 is 0. The second-order valence-electron chi connectivity index (χ2n) is 6.27. The van der Waals surface area contributed by atoms with Crippen LogP contribution in [0.4, 0.5) is 0 Å². The topological polar surface area (TPSA) is 37.6 Å². The molecule has 1 amide bonds. The van der Waals surface area contributed by atoms with E-state index in [1.54, 1.807) is 0 Å². The first-order valence-electron chi connectivity index (χ1n) is 7.77. The predicted molar refractivity (Wildman–Crippen MR) is 83.6 cm³/mol. The van der Waals surface area contributed by atoms with Crippen molar-refractivity contribution in [3.63, 3.8) is 0 Å². The van der Waals surface area contributed by atoms with E-state index in [4.69, 9.17) is 0 Å². The highest BCUT2D eigenvalue weighted by Crippen LogP contribution is 2.26. The Bertz CT molecular complexity index is 679. The van der Waals surface area contributed by atoms with E-state index in [-0.39, 0.29) is 5.91 Å². The van der Waals surface area contributed by atoms with Crippen LogP contribution in [0.1, 0.15) is 54.9 Å². The number of piperidine rings is 1. The first-order chi connectivity index (χ1) is 10.0. The van der Waals surface area contributed by atoms with Gasteiger partial charge < -0.3 is 4.90 Å². The van der Waals surface area contributed by atoms with Crippen LogP contribution in [0, 0.1) is 13.8 Å². The molecule has 2 aromatic heterocycles. The van der Waals surface area contributed by atoms with E-state index in [2.05, 4.69) is 18.8 Å². The van der Waals surface area contributed by atoms with Gasteiger partial charge in [0.15, 0.2) is 0 Å². The maximum absolute atomic E-state index is 13.1. The molecule has 0 saturated carbocycles. The van der Waals surface area contributed by atoms with Gasteiger partial charge in [-0.1, -0.05) is 6.07 Å². The monoisotopic (exact) mass is 285 g/mol. The van der Waals surface area contributed by atoms with Crippen LogP contribution in [0.3, 0.4) is 0 Å². The summed E-state index contributed by atoms with van der Waals surface area (Å²) in [6.07, 6.45) is 5.32. The molecule has 3 rings (SSSR count). The highest BCUT2D eigenvalue weighted by Gasteiger charge is 2.32. The predicted octanol–water partition coefficient (Wildman–Crippen LogP) is 3.35.